The number of carboxylic acids is 1. The monoisotopic (exact) mass is 501 g/mol. The van der Waals surface area contributed by atoms with Crippen LogP contribution in [0.25, 0.3) is 6.08 Å². The lowest BCUT2D eigenvalue weighted by atomic mass is 10.1. The van der Waals surface area contributed by atoms with Gasteiger partial charge in [0.15, 0.2) is 11.5 Å². The van der Waals surface area contributed by atoms with Crippen LogP contribution in [0.4, 0.5) is 0 Å². The predicted molar refractivity (Wildman–Crippen MR) is 132 cm³/mol. The molecule has 35 heavy (non-hydrogen) atoms. The van der Waals surface area contributed by atoms with Crippen molar-refractivity contribution in [3.05, 3.63) is 59.7 Å². The van der Waals surface area contributed by atoms with Gasteiger partial charge in [0.05, 0.1) is 7.11 Å². The quantitative estimate of drug-likeness (QED) is 0.350. The highest BCUT2D eigenvalue weighted by Gasteiger charge is 2.21. The van der Waals surface area contributed by atoms with Crippen LogP contribution in [-0.2, 0) is 19.2 Å². The van der Waals surface area contributed by atoms with Crippen LogP contribution in [0.5, 0.6) is 17.2 Å². The van der Waals surface area contributed by atoms with Crippen molar-refractivity contribution in [1.82, 2.24) is 5.32 Å². The number of hydrogen-bond donors (Lipinski definition) is 2. The van der Waals surface area contributed by atoms with Crippen LogP contribution >= 0.6 is 11.8 Å². The lowest BCUT2D eigenvalue weighted by Crippen LogP contribution is -2.41. The Kier molecular flexibility index (Phi) is 10.3. The average molecular weight is 502 g/mol. The first-order chi connectivity index (χ1) is 16.6. The number of esters is 2. The Morgan fingerprint density at radius 3 is 2.09 bits per heavy atom. The maximum atomic E-state index is 11.6. The van der Waals surface area contributed by atoms with E-state index in [9.17, 15) is 24.3 Å². The largest absolute Gasteiger partial charge is 0.496 e. The molecule has 186 valence electrons. The van der Waals surface area contributed by atoms with Gasteiger partial charge in [0.25, 0.3) is 0 Å². The summed E-state index contributed by atoms with van der Waals surface area (Å²) in [7, 11) is 1.45. The Bertz CT molecular complexity index is 1100. The number of thioether (sulfide) groups is 1. The molecule has 0 radical (unpaired) electrons. The first-order valence-corrected chi connectivity index (χ1v) is 11.6. The van der Waals surface area contributed by atoms with Gasteiger partial charge >= 0.3 is 17.9 Å². The van der Waals surface area contributed by atoms with E-state index < -0.39 is 29.9 Å². The third-order valence-electron chi connectivity index (χ3n) is 4.50. The Morgan fingerprint density at radius 1 is 0.971 bits per heavy atom. The van der Waals surface area contributed by atoms with Crippen molar-refractivity contribution in [2.75, 3.05) is 12.9 Å². The second-order valence-corrected chi connectivity index (χ2v) is 8.52. The highest BCUT2D eigenvalue weighted by Crippen LogP contribution is 2.38. The van der Waals surface area contributed by atoms with Crippen molar-refractivity contribution in [2.45, 2.75) is 32.1 Å². The summed E-state index contributed by atoms with van der Waals surface area (Å²) >= 11 is 1.33. The van der Waals surface area contributed by atoms with Crippen LogP contribution in [-0.4, -0.2) is 47.8 Å². The van der Waals surface area contributed by atoms with Crippen molar-refractivity contribution in [3.8, 4) is 17.2 Å². The molecule has 0 aliphatic heterocycles. The fourth-order valence-corrected chi connectivity index (χ4v) is 4.21. The Morgan fingerprint density at radius 2 is 1.57 bits per heavy atom. The number of methoxy groups -OCH3 is 1. The maximum Gasteiger partial charge on any atom is 0.327 e. The van der Waals surface area contributed by atoms with Gasteiger partial charge in [0.2, 0.25) is 5.91 Å². The number of nitrogens with one attached hydrogen (secondary N) is 1. The molecule has 1 amide bonds. The standard InChI is InChI=1S/C25H27NO8S/c1-15(27)26-20(25(30)31)14-35-24(18-8-6-5-7-9-18)11-10-19-12-22(33-16(2)28)23(34-17(3)29)13-21(19)32-4/h5-13,20,24H,14H2,1-4H3,(H,26,27)(H,30,31)/b11-10+. The molecule has 0 spiro atoms. The topological polar surface area (TPSA) is 128 Å². The van der Waals surface area contributed by atoms with Crippen molar-refractivity contribution < 1.29 is 38.5 Å². The summed E-state index contributed by atoms with van der Waals surface area (Å²) in [5.74, 6) is -2.15. The summed E-state index contributed by atoms with van der Waals surface area (Å²) in [6, 6.07) is 11.3. The highest BCUT2D eigenvalue weighted by molar-refractivity contribution is 7.99. The fraction of sp³-hybridized carbons (Fsp3) is 0.280. The summed E-state index contributed by atoms with van der Waals surface area (Å²) in [5, 5.41) is 11.6. The lowest BCUT2D eigenvalue weighted by Gasteiger charge is -2.18. The molecule has 2 rings (SSSR count). The second-order valence-electron chi connectivity index (χ2n) is 7.34. The van der Waals surface area contributed by atoms with E-state index >= 15 is 0 Å². The molecular weight excluding hydrogens is 474 g/mol. The summed E-state index contributed by atoms with van der Waals surface area (Å²) < 4.78 is 15.8. The summed E-state index contributed by atoms with van der Waals surface area (Å²) in [6.07, 6.45) is 3.58. The van der Waals surface area contributed by atoms with Gasteiger partial charge < -0.3 is 24.6 Å². The van der Waals surface area contributed by atoms with Crippen LogP contribution in [0, 0.1) is 0 Å². The Balaban J connectivity index is 2.41. The first-order valence-electron chi connectivity index (χ1n) is 10.5. The number of benzene rings is 2. The molecule has 0 saturated carbocycles. The average Bonchev–Trinajstić information content (AvgIpc) is 2.79. The minimum atomic E-state index is -1.13. The zero-order valence-corrected chi connectivity index (χ0v) is 20.6. The highest BCUT2D eigenvalue weighted by atomic mass is 32.2. The van der Waals surface area contributed by atoms with Gasteiger partial charge in [-0.15, -0.1) is 11.8 Å². The third-order valence-corrected chi connectivity index (χ3v) is 5.81. The number of carboxylic acid groups (broad SMARTS) is 1. The number of amides is 1. The summed E-state index contributed by atoms with van der Waals surface area (Å²) in [6.45, 7) is 3.72. The fourth-order valence-electron chi connectivity index (χ4n) is 3.05. The van der Waals surface area contributed by atoms with E-state index in [2.05, 4.69) is 5.32 Å². The summed E-state index contributed by atoms with van der Waals surface area (Å²) in [4.78, 5) is 45.9. The number of carbonyl (C=O) groups is 4. The normalized spacial score (nSPS) is 12.5. The molecule has 9 nitrogen and oxygen atoms in total. The van der Waals surface area contributed by atoms with Crippen molar-refractivity contribution in [3.63, 3.8) is 0 Å². The Hall–Kier alpha value is -3.79. The van der Waals surface area contributed by atoms with E-state index in [4.69, 9.17) is 14.2 Å². The maximum absolute atomic E-state index is 11.6. The smallest absolute Gasteiger partial charge is 0.327 e. The van der Waals surface area contributed by atoms with Crippen molar-refractivity contribution >= 4 is 41.7 Å². The molecule has 0 aliphatic carbocycles. The number of aliphatic carboxylic acids is 1. The van der Waals surface area contributed by atoms with E-state index in [-0.39, 0.29) is 22.5 Å². The minimum absolute atomic E-state index is 0.0373. The third kappa shape index (κ3) is 8.82. The van der Waals surface area contributed by atoms with Crippen LogP contribution in [0.1, 0.15) is 37.1 Å². The molecule has 2 N–H and O–H groups in total. The molecule has 2 unspecified atom stereocenters. The van der Waals surface area contributed by atoms with E-state index in [1.807, 2.05) is 36.4 Å². The summed E-state index contributed by atoms with van der Waals surface area (Å²) in [5.41, 5.74) is 1.45. The first kappa shape index (κ1) is 27.5. The molecule has 10 heteroatoms. The van der Waals surface area contributed by atoms with E-state index in [1.165, 1.54) is 51.8 Å². The van der Waals surface area contributed by atoms with Gasteiger partial charge in [-0.1, -0.05) is 42.5 Å². The molecule has 0 heterocycles. The van der Waals surface area contributed by atoms with Crippen molar-refractivity contribution in [2.24, 2.45) is 0 Å². The van der Waals surface area contributed by atoms with Gasteiger partial charge in [0.1, 0.15) is 11.8 Å². The second kappa shape index (κ2) is 13.2. The molecule has 0 bridgehead atoms. The van der Waals surface area contributed by atoms with E-state index in [1.54, 1.807) is 6.08 Å². The Labute approximate surface area is 207 Å². The number of carbonyl (C=O) groups excluding carboxylic acids is 3. The number of ether oxygens (including phenoxy) is 3. The van der Waals surface area contributed by atoms with Gasteiger partial charge in [-0.05, 0) is 11.6 Å². The molecule has 2 atom stereocenters. The van der Waals surface area contributed by atoms with Gasteiger partial charge in [-0.25, -0.2) is 4.79 Å². The predicted octanol–water partition coefficient (Wildman–Crippen LogP) is 3.62. The van der Waals surface area contributed by atoms with Crippen LogP contribution < -0.4 is 19.5 Å². The van der Waals surface area contributed by atoms with Gasteiger partial charge in [-0.2, -0.15) is 0 Å². The zero-order chi connectivity index (χ0) is 26.0. The molecule has 0 aliphatic rings. The van der Waals surface area contributed by atoms with Gasteiger partial charge in [-0.3, -0.25) is 14.4 Å². The molecule has 0 saturated heterocycles. The van der Waals surface area contributed by atoms with Crippen LogP contribution in [0.3, 0.4) is 0 Å². The molecule has 0 aromatic heterocycles. The number of hydrogen-bond acceptors (Lipinski definition) is 8. The van der Waals surface area contributed by atoms with E-state index in [0.29, 0.717) is 11.3 Å². The SMILES string of the molecule is COc1cc(OC(C)=O)c(OC(C)=O)cc1/C=C/C(SCC(NC(C)=O)C(=O)O)c1ccccc1. The molecular formula is C25H27NO8S. The zero-order valence-electron chi connectivity index (χ0n) is 19.8. The van der Waals surface area contributed by atoms with Crippen LogP contribution in [0.15, 0.2) is 48.5 Å². The molecule has 2 aromatic carbocycles. The van der Waals surface area contributed by atoms with Crippen molar-refractivity contribution in [1.29, 1.82) is 0 Å². The number of rotatable bonds is 11. The van der Waals surface area contributed by atoms with Gasteiger partial charge in [0, 0.05) is 43.4 Å². The minimum Gasteiger partial charge on any atom is -0.496 e. The molecule has 0 fully saturated rings. The van der Waals surface area contributed by atoms with Crippen LogP contribution in [0.2, 0.25) is 0 Å². The lowest BCUT2D eigenvalue weighted by molar-refractivity contribution is -0.140. The molecule has 2 aromatic rings. The van der Waals surface area contributed by atoms with E-state index in [0.717, 1.165) is 5.56 Å².